The Morgan fingerprint density at radius 2 is 1.74 bits per heavy atom. The minimum Gasteiger partial charge on any atom is -0.492 e. The second-order valence-electron chi connectivity index (χ2n) is 7.59. The van der Waals surface area contributed by atoms with Crippen LogP contribution < -0.4 is 15.0 Å². The van der Waals surface area contributed by atoms with E-state index in [2.05, 4.69) is 31.1 Å². The molecule has 6 nitrogen and oxygen atoms in total. The molecule has 0 aliphatic carbocycles. The standard InChI is InChI=1S/C23H32FN5O.HI/c1-25-23(26-18-19-8-4-7-11-22(19)30-17-16-27(2)3)29-14-12-28(13-15-29)21-10-6-5-9-20(21)24;/h4-11H,12-18H2,1-3H3,(H,25,26);1H. The molecule has 170 valence electrons. The van der Waals surface area contributed by atoms with E-state index in [1.807, 2.05) is 44.4 Å². The molecule has 1 saturated heterocycles. The third kappa shape index (κ3) is 7.24. The Bertz CT molecular complexity index is 840. The number of halogens is 2. The molecule has 2 aromatic rings. The zero-order valence-corrected chi connectivity index (χ0v) is 20.9. The van der Waals surface area contributed by atoms with Gasteiger partial charge in [-0.2, -0.15) is 0 Å². The van der Waals surface area contributed by atoms with Crippen LogP contribution >= 0.6 is 24.0 Å². The average molecular weight is 541 g/mol. The minimum absolute atomic E-state index is 0. The third-order valence-corrected chi connectivity index (χ3v) is 5.19. The summed E-state index contributed by atoms with van der Waals surface area (Å²) in [6.45, 7) is 5.24. The Labute approximate surface area is 202 Å². The summed E-state index contributed by atoms with van der Waals surface area (Å²) in [6, 6.07) is 15.0. The minimum atomic E-state index is -0.167. The predicted octanol–water partition coefficient (Wildman–Crippen LogP) is 3.28. The van der Waals surface area contributed by atoms with Gasteiger partial charge in [-0.25, -0.2) is 4.39 Å². The van der Waals surface area contributed by atoms with E-state index >= 15 is 0 Å². The lowest BCUT2D eigenvalue weighted by Gasteiger charge is -2.37. The van der Waals surface area contributed by atoms with Crippen LogP contribution in [0.1, 0.15) is 5.56 Å². The fourth-order valence-electron chi connectivity index (χ4n) is 3.50. The van der Waals surface area contributed by atoms with E-state index in [1.165, 1.54) is 6.07 Å². The van der Waals surface area contributed by atoms with Gasteiger partial charge in [0.25, 0.3) is 0 Å². The first-order chi connectivity index (χ1) is 14.6. The molecule has 0 aromatic heterocycles. The maximum absolute atomic E-state index is 14.1. The largest absolute Gasteiger partial charge is 0.492 e. The van der Waals surface area contributed by atoms with Crippen molar-refractivity contribution in [1.29, 1.82) is 0 Å². The van der Waals surface area contributed by atoms with E-state index in [9.17, 15) is 4.39 Å². The Balaban J connectivity index is 0.00000341. The molecule has 2 aromatic carbocycles. The molecule has 0 spiro atoms. The summed E-state index contributed by atoms with van der Waals surface area (Å²) < 4.78 is 20.0. The second kappa shape index (κ2) is 12.7. The van der Waals surface area contributed by atoms with Gasteiger partial charge >= 0.3 is 0 Å². The van der Waals surface area contributed by atoms with Gasteiger partial charge in [-0.05, 0) is 32.3 Å². The zero-order chi connectivity index (χ0) is 21.3. The third-order valence-electron chi connectivity index (χ3n) is 5.19. The van der Waals surface area contributed by atoms with Crippen LogP contribution in [0.25, 0.3) is 0 Å². The van der Waals surface area contributed by atoms with Crippen LogP contribution in [0.5, 0.6) is 5.75 Å². The first kappa shape index (κ1) is 25.2. The number of rotatable bonds is 7. The summed E-state index contributed by atoms with van der Waals surface area (Å²) in [5, 5.41) is 3.45. The summed E-state index contributed by atoms with van der Waals surface area (Å²) >= 11 is 0. The van der Waals surface area contributed by atoms with Gasteiger partial charge in [-0.3, -0.25) is 4.99 Å². The number of likely N-dealkylation sites (N-methyl/N-ethyl adjacent to an activating group) is 1. The highest BCUT2D eigenvalue weighted by Gasteiger charge is 2.21. The highest BCUT2D eigenvalue weighted by Crippen LogP contribution is 2.21. The van der Waals surface area contributed by atoms with Crippen molar-refractivity contribution in [3.63, 3.8) is 0 Å². The first-order valence-corrected chi connectivity index (χ1v) is 10.4. The number of aliphatic imine (C=N–C) groups is 1. The van der Waals surface area contributed by atoms with Crippen molar-refractivity contribution >= 4 is 35.6 Å². The number of benzene rings is 2. The van der Waals surface area contributed by atoms with E-state index in [0.717, 1.165) is 50.0 Å². The van der Waals surface area contributed by atoms with Gasteiger partial charge in [-0.15, -0.1) is 24.0 Å². The molecule has 0 atom stereocenters. The highest BCUT2D eigenvalue weighted by atomic mass is 127. The Morgan fingerprint density at radius 1 is 1.06 bits per heavy atom. The number of guanidine groups is 1. The normalized spacial score (nSPS) is 14.4. The van der Waals surface area contributed by atoms with Crippen molar-refractivity contribution in [2.75, 3.05) is 65.4 Å². The van der Waals surface area contributed by atoms with Crippen LogP contribution in [0.2, 0.25) is 0 Å². The van der Waals surface area contributed by atoms with Crippen LogP contribution in [0, 0.1) is 5.82 Å². The molecule has 1 N–H and O–H groups in total. The van der Waals surface area contributed by atoms with Crippen LogP contribution in [0.3, 0.4) is 0 Å². The molecule has 0 saturated carbocycles. The molecule has 1 heterocycles. The van der Waals surface area contributed by atoms with Crippen molar-refractivity contribution in [2.45, 2.75) is 6.54 Å². The number of nitrogens with one attached hydrogen (secondary N) is 1. The molecule has 0 unspecified atom stereocenters. The van der Waals surface area contributed by atoms with Crippen LogP contribution in [-0.4, -0.2) is 76.2 Å². The van der Waals surface area contributed by atoms with E-state index in [0.29, 0.717) is 18.8 Å². The smallest absolute Gasteiger partial charge is 0.194 e. The molecular weight excluding hydrogens is 508 g/mol. The van der Waals surface area contributed by atoms with Crippen LogP contribution in [-0.2, 0) is 6.54 Å². The monoisotopic (exact) mass is 541 g/mol. The molecular formula is C23H33FIN5O. The molecule has 0 amide bonds. The number of anilines is 1. The predicted molar refractivity (Wildman–Crippen MR) is 136 cm³/mol. The fourth-order valence-corrected chi connectivity index (χ4v) is 3.50. The topological polar surface area (TPSA) is 43.3 Å². The van der Waals surface area contributed by atoms with Gasteiger partial charge < -0.3 is 24.8 Å². The maximum Gasteiger partial charge on any atom is 0.194 e. The number of para-hydroxylation sites is 2. The molecule has 1 fully saturated rings. The number of piperazine rings is 1. The number of ether oxygens (including phenoxy) is 1. The van der Waals surface area contributed by atoms with E-state index in [-0.39, 0.29) is 29.8 Å². The lowest BCUT2D eigenvalue weighted by atomic mass is 10.2. The Morgan fingerprint density at radius 3 is 2.42 bits per heavy atom. The SMILES string of the molecule is CN=C(NCc1ccccc1OCCN(C)C)N1CCN(c2ccccc2F)CC1.I. The molecule has 31 heavy (non-hydrogen) atoms. The number of hydrogen-bond acceptors (Lipinski definition) is 4. The summed E-state index contributed by atoms with van der Waals surface area (Å²) in [6.07, 6.45) is 0. The second-order valence-corrected chi connectivity index (χ2v) is 7.59. The van der Waals surface area contributed by atoms with Gasteiger partial charge in [0.1, 0.15) is 18.2 Å². The Kier molecular flexibility index (Phi) is 10.3. The average Bonchev–Trinajstić information content (AvgIpc) is 2.76. The van der Waals surface area contributed by atoms with Crippen molar-refractivity contribution in [2.24, 2.45) is 4.99 Å². The first-order valence-electron chi connectivity index (χ1n) is 10.4. The number of hydrogen-bond donors (Lipinski definition) is 1. The van der Waals surface area contributed by atoms with Gasteiger partial charge in [0.15, 0.2) is 5.96 Å². The van der Waals surface area contributed by atoms with Crippen molar-refractivity contribution in [3.8, 4) is 5.75 Å². The summed E-state index contributed by atoms with van der Waals surface area (Å²) in [4.78, 5) is 10.9. The fraction of sp³-hybridized carbons (Fsp3) is 0.435. The molecule has 3 rings (SSSR count). The van der Waals surface area contributed by atoms with Gasteiger partial charge in [-0.1, -0.05) is 30.3 Å². The van der Waals surface area contributed by atoms with Crippen molar-refractivity contribution in [3.05, 3.63) is 59.9 Å². The van der Waals surface area contributed by atoms with Crippen molar-refractivity contribution in [1.82, 2.24) is 15.1 Å². The van der Waals surface area contributed by atoms with Crippen molar-refractivity contribution < 1.29 is 9.13 Å². The van der Waals surface area contributed by atoms with Crippen LogP contribution in [0.4, 0.5) is 10.1 Å². The molecule has 0 bridgehead atoms. The van der Waals surface area contributed by atoms with E-state index < -0.39 is 0 Å². The maximum atomic E-state index is 14.1. The van der Waals surface area contributed by atoms with E-state index in [1.54, 1.807) is 13.1 Å². The summed E-state index contributed by atoms with van der Waals surface area (Å²) in [5.41, 5.74) is 1.77. The van der Waals surface area contributed by atoms with Gasteiger partial charge in [0, 0.05) is 51.9 Å². The summed E-state index contributed by atoms with van der Waals surface area (Å²) in [7, 11) is 5.87. The van der Waals surface area contributed by atoms with Gasteiger partial charge in [0.2, 0.25) is 0 Å². The molecule has 8 heteroatoms. The van der Waals surface area contributed by atoms with E-state index in [4.69, 9.17) is 4.74 Å². The molecule has 0 radical (unpaired) electrons. The Hall–Kier alpha value is -2.07. The number of nitrogens with zero attached hydrogens (tertiary/aromatic N) is 4. The zero-order valence-electron chi connectivity index (χ0n) is 18.6. The lowest BCUT2D eigenvalue weighted by molar-refractivity contribution is 0.259. The molecule has 1 aliphatic rings. The highest BCUT2D eigenvalue weighted by molar-refractivity contribution is 14.0. The summed E-state index contributed by atoms with van der Waals surface area (Å²) in [5.74, 6) is 1.58. The lowest BCUT2D eigenvalue weighted by Crippen LogP contribution is -2.52. The van der Waals surface area contributed by atoms with Crippen LogP contribution in [0.15, 0.2) is 53.5 Å². The molecule has 1 aliphatic heterocycles. The quantitative estimate of drug-likeness (QED) is 0.331. The van der Waals surface area contributed by atoms with Gasteiger partial charge in [0.05, 0.1) is 5.69 Å².